The molecule has 6 nitrogen and oxygen atoms in total. The molecule has 3 N–H and O–H groups in total. The lowest BCUT2D eigenvalue weighted by Crippen LogP contribution is -2.14. The van der Waals surface area contributed by atoms with E-state index < -0.39 is 0 Å². The highest BCUT2D eigenvalue weighted by molar-refractivity contribution is 6.33. The van der Waals surface area contributed by atoms with Crippen LogP contribution in [0.25, 0.3) is 11.4 Å². The Hall–Kier alpha value is -2.18. The number of nitrogens with zero attached hydrogens (tertiary/aromatic N) is 3. The van der Waals surface area contributed by atoms with Crippen LogP contribution in [-0.2, 0) is 6.42 Å². The van der Waals surface area contributed by atoms with Crippen molar-refractivity contribution in [3.8, 4) is 11.4 Å². The van der Waals surface area contributed by atoms with Crippen LogP contribution in [0.5, 0.6) is 0 Å². The molecule has 0 unspecified atom stereocenters. The van der Waals surface area contributed by atoms with Crippen molar-refractivity contribution < 1.29 is 4.52 Å². The number of aromatic amines is 1. The van der Waals surface area contributed by atoms with Gasteiger partial charge in [0.1, 0.15) is 0 Å². The number of hydrogen-bond donors (Lipinski definition) is 2. The maximum Gasteiger partial charge on any atom is 0.244 e. The van der Waals surface area contributed by atoms with Crippen LogP contribution in [0.2, 0.25) is 5.02 Å². The number of nitrogens with two attached hydrogens (primary N) is 1. The molecule has 2 heterocycles. The maximum atomic E-state index is 6.10. The van der Waals surface area contributed by atoms with E-state index >= 15 is 0 Å². The highest BCUT2D eigenvalue weighted by Crippen LogP contribution is 2.26. The normalized spacial score (nSPS) is 12.5. The molecular formula is C13H12ClN5O. The van der Waals surface area contributed by atoms with Crippen LogP contribution in [0.4, 0.5) is 0 Å². The molecule has 3 aromatic rings. The fraction of sp³-hybridized carbons (Fsp3) is 0.154. The predicted molar refractivity (Wildman–Crippen MR) is 74.0 cm³/mol. The smallest absolute Gasteiger partial charge is 0.244 e. The van der Waals surface area contributed by atoms with Crippen molar-refractivity contribution in [3.63, 3.8) is 0 Å². The zero-order valence-corrected chi connectivity index (χ0v) is 11.2. The minimum Gasteiger partial charge on any atom is -0.348 e. The highest BCUT2D eigenvalue weighted by atomic mass is 35.5. The highest BCUT2D eigenvalue weighted by Gasteiger charge is 2.17. The fourth-order valence-electron chi connectivity index (χ4n) is 1.86. The molecule has 20 heavy (non-hydrogen) atoms. The van der Waals surface area contributed by atoms with E-state index in [0.29, 0.717) is 23.2 Å². The van der Waals surface area contributed by atoms with Gasteiger partial charge >= 0.3 is 0 Å². The van der Waals surface area contributed by atoms with Gasteiger partial charge in [0, 0.05) is 23.9 Å². The monoisotopic (exact) mass is 289 g/mol. The van der Waals surface area contributed by atoms with Crippen LogP contribution in [0.15, 0.2) is 41.3 Å². The van der Waals surface area contributed by atoms with Gasteiger partial charge < -0.3 is 15.2 Å². The third-order valence-electron chi connectivity index (χ3n) is 2.87. The molecule has 0 spiro atoms. The topological polar surface area (TPSA) is 93.6 Å². The lowest BCUT2D eigenvalue weighted by Gasteiger charge is -2.03. The molecule has 0 aliphatic carbocycles. The van der Waals surface area contributed by atoms with Gasteiger partial charge in [-0.25, -0.2) is 4.98 Å². The molecule has 0 saturated carbocycles. The van der Waals surface area contributed by atoms with Gasteiger partial charge in [0.25, 0.3) is 0 Å². The largest absolute Gasteiger partial charge is 0.348 e. The number of benzene rings is 1. The van der Waals surface area contributed by atoms with Crippen LogP contribution >= 0.6 is 11.6 Å². The van der Waals surface area contributed by atoms with Gasteiger partial charge in [-0.15, -0.1) is 0 Å². The van der Waals surface area contributed by atoms with Crippen LogP contribution in [-0.4, -0.2) is 20.1 Å². The first-order valence-corrected chi connectivity index (χ1v) is 6.43. The first-order chi connectivity index (χ1) is 9.74. The summed E-state index contributed by atoms with van der Waals surface area (Å²) in [7, 11) is 0. The summed E-state index contributed by atoms with van der Waals surface area (Å²) in [6.07, 6.45) is 3.86. The van der Waals surface area contributed by atoms with Crippen molar-refractivity contribution in [2.24, 2.45) is 5.73 Å². The molecule has 1 atom stereocenters. The number of rotatable bonds is 4. The minimum absolute atomic E-state index is 0.370. The van der Waals surface area contributed by atoms with Crippen molar-refractivity contribution in [2.45, 2.75) is 12.5 Å². The van der Waals surface area contributed by atoms with Gasteiger partial charge in [0.15, 0.2) is 0 Å². The van der Waals surface area contributed by atoms with Gasteiger partial charge in [-0.05, 0) is 12.1 Å². The van der Waals surface area contributed by atoms with Crippen molar-refractivity contribution in [1.82, 2.24) is 20.1 Å². The molecule has 102 valence electrons. The van der Waals surface area contributed by atoms with Gasteiger partial charge in [-0.2, -0.15) is 4.98 Å². The second-order valence-corrected chi connectivity index (χ2v) is 4.73. The Balaban J connectivity index is 1.81. The molecule has 2 aromatic heterocycles. The third kappa shape index (κ3) is 2.56. The van der Waals surface area contributed by atoms with Crippen LogP contribution < -0.4 is 5.73 Å². The van der Waals surface area contributed by atoms with Crippen molar-refractivity contribution in [3.05, 3.63) is 53.4 Å². The summed E-state index contributed by atoms with van der Waals surface area (Å²) in [5.74, 6) is 0.806. The standard InChI is InChI=1S/C13H12ClN5O/c14-10-4-2-1-3-9(10)12-18-13(20-19-12)11(15)5-8-6-16-7-17-8/h1-4,6-7,11H,5,15H2,(H,16,17)/t11-/m1/s1. The average Bonchev–Trinajstić information content (AvgIpc) is 3.10. The van der Waals surface area contributed by atoms with Gasteiger partial charge in [0.05, 0.1) is 17.4 Å². The van der Waals surface area contributed by atoms with Crippen molar-refractivity contribution >= 4 is 11.6 Å². The summed E-state index contributed by atoms with van der Waals surface area (Å²) in [6.45, 7) is 0. The minimum atomic E-state index is -0.390. The Kier molecular flexibility index (Phi) is 3.49. The summed E-state index contributed by atoms with van der Waals surface area (Å²) in [4.78, 5) is 11.2. The summed E-state index contributed by atoms with van der Waals surface area (Å²) in [5, 5.41) is 4.49. The van der Waals surface area contributed by atoms with E-state index in [2.05, 4.69) is 20.1 Å². The first kappa shape index (κ1) is 12.8. The third-order valence-corrected chi connectivity index (χ3v) is 3.20. The molecule has 0 aliphatic rings. The second-order valence-electron chi connectivity index (χ2n) is 4.32. The molecule has 0 radical (unpaired) electrons. The summed E-state index contributed by atoms with van der Waals surface area (Å²) >= 11 is 6.10. The van der Waals surface area contributed by atoms with Crippen LogP contribution in [0, 0.1) is 0 Å². The maximum absolute atomic E-state index is 6.10. The molecule has 7 heteroatoms. The Morgan fingerprint density at radius 1 is 1.35 bits per heavy atom. The molecule has 3 rings (SSSR count). The van der Waals surface area contributed by atoms with E-state index in [1.165, 1.54) is 0 Å². The molecule has 0 amide bonds. The molecule has 0 bridgehead atoms. The van der Waals surface area contributed by atoms with Gasteiger partial charge in [-0.3, -0.25) is 0 Å². The van der Waals surface area contributed by atoms with Gasteiger partial charge in [0.2, 0.25) is 11.7 Å². The molecular weight excluding hydrogens is 278 g/mol. The number of nitrogens with one attached hydrogen (secondary N) is 1. The van der Waals surface area contributed by atoms with E-state index in [0.717, 1.165) is 11.3 Å². The lowest BCUT2D eigenvalue weighted by atomic mass is 10.2. The molecule has 0 saturated heterocycles. The zero-order valence-electron chi connectivity index (χ0n) is 10.5. The fourth-order valence-corrected chi connectivity index (χ4v) is 2.08. The quantitative estimate of drug-likeness (QED) is 0.769. The Bertz CT molecular complexity index is 694. The number of H-pyrrole nitrogens is 1. The lowest BCUT2D eigenvalue weighted by molar-refractivity contribution is 0.354. The van der Waals surface area contributed by atoms with Crippen molar-refractivity contribution in [2.75, 3.05) is 0 Å². The van der Waals surface area contributed by atoms with E-state index in [9.17, 15) is 0 Å². The summed E-state index contributed by atoms with van der Waals surface area (Å²) < 4.78 is 5.21. The van der Waals surface area contributed by atoms with E-state index in [1.54, 1.807) is 18.6 Å². The summed E-state index contributed by atoms with van der Waals surface area (Å²) in [6, 6.07) is 6.92. The predicted octanol–water partition coefficient (Wildman–Crippen LogP) is 2.36. The second kappa shape index (κ2) is 5.44. The first-order valence-electron chi connectivity index (χ1n) is 6.05. The zero-order chi connectivity index (χ0) is 13.9. The number of aromatic nitrogens is 4. The summed E-state index contributed by atoms with van der Waals surface area (Å²) in [5.41, 5.74) is 7.67. The van der Waals surface area contributed by atoms with E-state index in [4.69, 9.17) is 21.9 Å². The van der Waals surface area contributed by atoms with E-state index in [1.807, 2.05) is 18.2 Å². The molecule has 0 aliphatic heterocycles. The molecule has 0 fully saturated rings. The van der Waals surface area contributed by atoms with Crippen LogP contribution in [0.1, 0.15) is 17.6 Å². The Morgan fingerprint density at radius 2 is 2.20 bits per heavy atom. The van der Waals surface area contributed by atoms with Crippen LogP contribution in [0.3, 0.4) is 0 Å². The van der Waals surface area contributed by atoms with Crippen molar-refractivity contribution in [1.29, 1.82) is 0 Å². The number of hydrogen-bond acceptors (Lipinski definition) is 5. The number of imidazole rings is 1. The van der Waals surface area contributed by atoms with Gasteiger partial charge in [-0.1, -0.05) is 28.9 Å². The molecule has 1 aromatic carbocycles. The number of halogens is 1. The average molecular weight is 290 g/mol. The Morgan fingerprint density at radius 3 is 2.95 bits per heavy atom. The van der Waals surface area contributed by atoms with E-state index in [-0.39, 0.29) is 6.04 Å². The Labute approximate surface area is 120 Å². The SMILES string of the molecule is N[C@H](Cc1cnc[nH]1)c1nc(-c2ccccc2Cl)no1.